The van der Waals surface area contributed by atoms with Crippen molar-refractivity contribution in [3.63, 3.8) is 0 Å². The van der Waals surface area contributed by atoms with Crippen molar-refractivity contribution in [3.05, 3.63) is 63.6 Å². The first-order chi connectivity index (χ1) is 9.54. The zero-order valence-electron chi connectivity index (χ0n) is 10.6. The quantitative estimate of drug-likeness (QED) is 0.646. The molecule has 0 radical (unpaired) electrons. The number of hydrazone groups is 1. The molecule has 0 saturated carbocycles. The molecule has 0 saturated heterocycles. The van der Waals surface area contributed by atoms with Gasteiger partial charge < -0.3 is 4.98 Å². The molecular weight excluding hydrogens is 263 g/mol. The van der Waals surface area contributed by atoms with Gasteiger partial charge in [-0.2, -0.15) is 10.1 Å². The minimum absolute atomic E-state index is 0.0255. The van der Waals surface area contributed by atoms with Crippen molar-refractivity contribution in [2.75, 3.05) is 0 Å². The lowest BCUT2D eigenvalue weighted by molar-refractivity contribution is 0.0949. The van der Waals surface area contributed by atoms with E-state index in [1.54, 1.807) is 6.92 Å². The van der Waals surface area contributed by atoms with Gasteiger partial charge in [0.1, 0.15) is 11.5 Å². The molecule has 102 valence electrons. The molecule has 0 aliphatic heterocycles. The highest BCUT2D eigenvalue weighted by atomic mass is 19.1. The number of hydrogen-bond donors (Lipinski definition) is 2. The minimum atomic E-state index is -0.599. The molecule has 2 rings (SSSR count). The van der Waals surface area contributed by atoms with Crippen molar-refractivity contribution >= 4 is 12.1 Å². The highest BCUT2D eigenvalue weighted by molar-refractivity contribution is 5.93. The number of aromatic nitrogens is 2. The number of carbonyl (C=O) groups excluding carboxylic acids is 1. The van der Waals surface area contributed by atoms with Crippen LogP contribution in [0.15, 0.2) is 40.2 Å². The highest BCUT2D eigenvalue weighted by Gasteiger charge is 2.07. The van der Waals surface area contributed by atoms with Crippen LogP contribution in [0.5, 0.6) is 0 Å². The van der Waals surface area contributed by atoms with Crippen molar-refractivity contribution in [2.45, 2.75) is 6.92 Å². The summed E-state index contributed by atoms with van der Waals surface area (Å²) in [5, 5.41) is 3.71. The number of benzene rings is 1. The van der Waals surface area contributed by atoms with Crippen molar-refractivity contribution < 1.29 is 9.18 Å². The Labute approximate surface area is 113 Å². The van der Waals surface area contributed by atoms with Crippen LogP contribution in [0, 0.1) is 12.7 Å². The maximum absolute atomic E-state index is 12.7. The number of aryl methyl sites for hydroxylation is 1. The molecule has 0 unspecified atom stereocenters. The molecule has 0 atom stereocenters. The summed E-state index contributed by atoms with van der Waals surface area (Å²) in [5.41, 5.74) is 2.77. The molecule has 0 aliphatic rings. The van der Waals surface area contributed by atoms with Gasteiger partial charge in [0.15, 0.2) is 0 Å². The molecule has 6 nitrogen and oxygen atoms in total. The molecule has 1 amide bonds. The summed E-state index contributed by atoms with van der Waals surface area (Å²) in [6.07, 6.45) is 1.36. The summed E-state index contributed by atoms with van der Waals surface area (Å²) >= 11 is 0. The molecule has 1 aromatic heterocycles. The van der Waals surface area contributed by atoms with Crippen LogP contribution in [0.3, 0.4) is 0 Å². The Morgan fingerprint density at radius 2 is 2.10 bits per heavy atom. The number of halogens is 1. The number of carbonyl (C=O) groups is 1. The standard InChI is InChI=1S/C13H11FN4O2/c1-8-6-11(17-13(20)16-8)12(19)18-15-7-9-2-4-10(14)5-3-9/h2-7H,1H3,(H,18,19)(H,16,17,20)/b15-7+. The number of nitrogens with zero attached hydrogens (tertiary/aromatic N) is 2. The third-order valence-electron chi connectivity index (χ3n) is 2.36. The van der Waals surface area contributed by atoms with E-state index in [0.29, 0.717) is 11.3 Å². The van der Waals surface area contributed by atoms with Crippen LogP contribution >= 0.6 is 0 Å². The summed E-state index contributed by atoms with van der Waals surface area (Å²) < 4.78 is 12.7. The molecule has 0 fully saturated rings. The molecular formula is C13H11FN4O2. The van der Waals surface area contributed by atoms with Gasteiger partial charge in [-0.25, -0.2) is 14.6 Å². The molecule has 7 heteroatoms. The van der Waals surface area contributed by atoms with E-state index in [2.05, 4.69) is 20.5 Å². The lowest BCUT2D eigenvalue weighted by Crippen LogP contribution is -2.24. The molecule has 0 bridgehead atoms. The Morgan fingerprint density at radius 3 is 2.75 bits per heavy atom. The van der Waals surface area contributed by atoms with Crippen LogP contribution in [0.1, 0.15) is 21.7 Å². The molecule has 1 aromatic carbocycles. The highest BCUT2D eigenvalue weighted by Crippen LogP contribution is 1.99. The number of H-pyrrole nitrogens is 1. The fourth-order valence-electron chi connectivity index (χ4n) is 1.47. The van der Waals surface area contributed by atoms with Crippen molar-refractivity contribution in [2.24, 2.45) is 5.10 Å². The number of rotatable bonds is 3. The largest absolute Gasteiger partial charge is 0.345 e. The molecule has 2 aromatic rings. The summed E-state index contributed by atoms with van der Waals surface area (Å²) in [6.45, 7) is 1.64. The first kappa shape index (κ1) is 13.6. The van der Waals surface area contributed by atoms with Crippen LogP contribution in [0.2, 0.25) is 0 Å². The van der Waals surface area contributed by atoms with E-state index in [0.717, 1.165) is 0 Å². The van der Waals surface area contributed by atoms with Crippen LogP contribution in [0.4, 0.5) is 4.39 Å². The number of aromatic amines is 1. The normalized spacial score (nSPS) is 10.7. The average molecular weight is 274 g/mol. The Hall–Kier alpha value is -2.83. The second-order valence-corrected chi connectivity index (χ2v) is 4.01. The van der Waals surface area contributed by atoms with Gasteiger partial charge in [-0.15, -0.1) is 0 Å². The smallest absolute Gasteiger partial charge is 0.310 e. The minimum Gasteiger partial charge on any atom is -0.310 e. The lowest BCUT2D eigenvalue weighted by Gasteiger charge is -1.99. The SMILES string of the molecule is Cc1cc(C(=O)N/N=C/c2ccc(F)cc2)nc(=O)[nH]1. The van der Waals surface area contributed by atoms with E-state index >= 15 is 0 Å². The summed E-state index contributed by atoms with van der Waals surface area (Å²) in [7, 11) is 0. The topological polar surface area (TPSA) is 87.2 Å². The van der Waals surface area contributed by atoms with Gasteiger partial charge in [-0.3, -0.25) is 4.79 Å². The van der Waals surface area contributed by atoms with Crippen LogP contribution < -0.4 is 11.1 Å². The van der Waals surface area contributed by atoms with Gasteiger partial charge in [-0.05, 0) is 30.7 Å². The van der Waals surface area contributed by atoms with E-state index in [-0.39, 0.29) is 11.5 Å². The third-order valence-corrected chi connectivity index (χ3v) is 2.36. The van der Waals surface area contributed by atoms with Gasteiger partial charge in [-0.1, -0.05) is 12.1 Å². The van der Waals surface area contributed by atoms with E-state index in [9.17, 15) is 14.0 Å². The van der Waals surface area contributed by atoms with Gasteiger partial charge in [0, 0.05) is 5.69 Å². The van der Waals surface area contributed by atoms with E-state index in [1.807, 2.05) is 0 Å². The van der Waals surface area contributed by atoms with Gasteiger partial charge in [0.05, 0.1) is 6.21 Å². The second-order valence-electron chi connectivity index (χ2n) is 4.01. The first-order valence-electron chi connectivity index (χ1n) is 5.71. The maximum atomic E-state index is 12.7. The van der Waals surface area contributed by atoms with Crippen molar-refractivity contribution in [1.82, 2.24) is 15.4 Å². The van der Waals surface area contributed by atoms with E-state index < -0.39 is 11.6 Å². The number of hydrogen-bond acceptors (Lipinski definition) is 4. The Balaban J connectivity index is 2.05. The molecule has 20 heavy (non-hydrogen) atoms. The fraction of sp³-hybridized carbons (Fsp3) is 0.0769. The average Bonchev–Trinajstić information content (AvgIpc) is 2.40. The van der Waals surface area contributed by atoms with Gasteiger partial charge in [0.25, 0.3) is 5.91 Å². The van der Waals surface area contributed by atoms with Gasteiger partial charge in [0.2, 0.25) is 0 Å². The van der Waals surface area contributed by atoms with Crippen LogP contribution in [-0.4, -0.2) is 22.1 Å². The van der Waals surface area contributed by atoms with E-state index in [4.69, 9.17) is 0 Å². The first-order valence-corrected chi connectivity index (χ1v) is 5.71. The number of nitrogens with one attached hydrogen (secondary N) is 2. The van der Waals surface area contributed by atoms with Crippen molar-refractivity contribution in [1.29, 1.82) is 0 Å². The van der Waals surface area contributed by atoms with E-state index in [1.165, 1.54) is 36.5 Å². The molecule has 0 aliphatic carbocycles. The predicted molar refractivity (Wildman–Crippen MR) is 71.1 cm³/mol. The lowest BCUT2D eigenvalue weighted by atomic mass is 10.2. The maximum Gasteiger partial charge on any atom is 0.345 e. The number of amides is 1. The Bertz CT molecular complexity index is 707. The predicted octanol–water partition coefficient (Wildman–Crippen LogP) is 0.981. The summed E-state index contributed by atoms with van der Waals surface area (Å²) in [5.74, 6) is -0.952. The van der Waals surface area contributed by atoms with Crippen LogP contribution in [-0.2, 0) is 0 Å². The summed E-state index contributed by atoms with van der Waals surface area (Å²) in [6, 6.07) is 7.03. The second kappa shape index (κ2) is 5.87. The van der Waals surface area contributed by atoms with Gasteiger partial charge >= 0.3 is 5.69 Å². The molecule has 2 N–H and O–H groups in total. The monoisotopic (exact) mass is 274 g/mol. The van der Waals surface area contributed by atoms with Crippen LogP contribution in [0.25, 0.3) is 0 Å². The van der Waals surface area contributed by atoms with Crippen molar-refractivity contribution in [3.8, 4) is 0 Å². The molecule has 1 heterocycles. The zero-order chi connectivity index (χ0) is 14.5. The Morgan fingerprint density at radius 1 is 1.40 bits per heavy atom. The zero-order valence-corrected chi connectivity index (χ0v) is 10.6. The fourth-order valence-corrected chi connectivity index (χ4v) is 1.47. The third kappa shape index (κ3) is 3.58. The molecule has 0 spiro atoms. The summed E-state index contributed by atoms with van der Waals surface area (Å²) in [4.78, 5) is 28.8. The Kier molecular flexibility index (Phi) is 3.99.